The molecule has 2 aromatic rings. The van der Waals surface area contributed by atoms with Gasteiger partial charge < -0.3 is 9.80 Å². The zero-order chi connectivity index (χ0) is 19.3. The van der Waals surface area contributed by atoms with Crippen molar-refractivity contribution in [1.29, 1.82) is 0 Å². The number of benzene rings is 1. The highest BCUT2D eigenvalue weighted by Crippen LogP contribution is 2.27. The number of urea groups is 1. The zero-order valence-electron chi connectivity index (χ0n) is 15.8. The molecule has 3 heterocycles. The summed E-state index contributed by atoms with van der Waals surface area (Å²) < 4.78 is 1.75. The van der Waals surface area contributed by atoms with E-state index < -0.39 is 18.2 Å². The maximum absolute atomic E-state index is 12.7. The molecule has 0 saturated carbocycles. The van der Waals surface area contributed by atoms with E-state index in [0.717, 1.165) is 22.5 Å². The summed E-state index contributed by atoms with van der Waals surface area (Å²) >= 11 is 0. The molecule has 4 rings (SSSR count). The van der Waals surface area contributed by atoms with Crippen molar-refractivity contribution in [3.8, 4) is 0 Å². The van der Waals surface area contributed by atoms with Crippen LogP contribution in [0.2, 0.25) is 0 Å². The SMILES string of the molecule is Cc1cccc(CN2C(n3nc(C)cc3C)=NC3C2C(=O)NC(=O)N3C)c1. The number of imide groups is 1. The van der Waals surface area contributed by atoms with Gasteiger partial charge in [-0.15, -0.1) is 0 Å². The fourth-order valence-electron chi connectivity index (χ4n) is 3.70. The van der Waals surface area contributed by atoms with Gasteiger partial charge in [-0.1, -0.05) is 29.8 Å². The first-order valence-corrected chi connectivity index (χ1v) is 8.86. The minimum Gasteiger partial charge on any atom is -0.321 e. The van der Waals surface area contributed by atoms with Crippen LogP contribution in [0, 0.1) is 20.8 Å². The molecule has 1 saturated heterocycles. The molecule has 2 aliphatic heterocycles. The number of nitrogens with one attached hydrogen (secondary N) is 1. The maximum atomic E-state index is 12.7. The predicted molar refractivity (Wildman–Crippen MR) is 100 cm³/mol. The maximum Gasteiger partial charge on any atom is 0.325 e. The molecule has 0 spiro atoms. The van der Waals surface area contributed by atoms with Gasteiger partial charge in [-0.05, 0) is 32.4 Å². The summed E-state index contributed by atoms with van der Waals surface area (Å²) in [6.45, 7) is 6.39. The molecule has 1 N–H and O–H groups in total. The molecule has 0 bridgehead atoms. The van der Waals surface area contributed by atoms with Gasteiger partial charge in [0.15, 0.2) is 12.2 Å². The van der Waals surface area contributed by atoms with Crippen LogP contribution < -0.4 is 5.32 Å². The van der Waals surface area contributed by atoms with E-state index in [4.69, 9.17) is 4.99 Å². The molecule has 2 atom stereocenters. The molecule has 0 radical (unpaired) electrons. The lowest BCUT2D eigenvalue weighted by atomic mass is 10.1. The zero-order valence-corrected chi connectivity index (χ0v) is 15.8. The molecule has 0 aliphatic carbocycles. The van der Waals surface area contributed by atoms with Gasteiger partial charge in [-0.2, -0.15) is 5.10 Å². The van der Waals surface area contributed by atoms with Gasteiger partial charge in [0.25, 0.3) is 5.91 Å². The number of amides is 3. The van der Waals surface area contributed by atoms with Gasteiger partial charge in [-0.25, -0.2) is 14.5 Å². The summed E-state index contributed by atoms with van der Waals surface area (Å²) in [7, 11) is 1.65. The van der Waals surface area contributed by atoms with Crippen molar-refractivity contribution < 1.29 is 9.59 Å². The first-order valence-electron chi connectivity index (χ1n) is 8.86. The van der Waals surface area contributed by atoms with E-state index in [1.54, 1.807) is 11.7 Å². The van der Waals surface area contributed by atoms with Crippen LogP contribution in [-0.2, 0) is 11.3 Å². The van der Waals surface area contributed by atoms with Crippen molar-refractivity contribution in [3.63, 3.8) is 0 Å². The Hall–Kier alpha value is -3.16. The second kappa shape index (κ2) is 6.22. The van der Waals surface area contributed by atoms with E-state index in [1.807, 2.05) is 49.9 Å². The molecule has 1 aromatic carbocycles. The predicted octanol–water partition coefficient (Wildman–Crippen LogP) is 1.40. The summed E-state index contributed by atoms with van der Waals surface area (Å²) in [5, 5.41) is 6.96. The molecular weight excluding hydrogens is 344 g/mol. The van der Waals surface area contributed by atoms with Gasteiger partial charge in [0, 0.05) is 19.3 Å². The van der Waals surface area contributed by atoms with E-state index >= 15 is 0 Å². The monoisotopic (exact) mass is 366 g/mol. The normalized spacial score (nSPS) is 22.0. The topological polar surface area (TPSA) is 82.8 Å². The highest BCUT2D eigenvalue weighted by atomic mass is 16.2. The number of carbonyl (C=O) groups is 2. The van der Waals surface area contributed by atoms with Gasteiger partial charge in [0.2, 0.25) is 5.96 Å². The van der Waals surface area contributed by atoms with Gasteiger partial charge in [-0.3, -0.25) is 10.1 Å². The Morgan fingerprint density at radius 1 is 1.15 bits per heavy atom. The van der Waals surface area contributed by atoms with Crippen LogP contribution in [0.1, 0.15) is 22.5 Å². The number of nitrogens with zero attached hydrogens (tertiary/aromatic N) is 5. The van der Waals surface area contributed by atoms with E-state index in [1.165, 1.54) is 4.90 Å². The molecular formula is C19H22N6O2. The smallest absolute Gasteiger partial charge is 0.321 e. The van der Waals surface area contributed by atoms with Crippen molar-refractivity contribution in [2.45, 2.75) is 39.5 Å². The van der Waals surface area contributed by atoms with Crippen LogP contribution in [-0.4, -0.2) is 56.7 Å². The van der Waals surface area contributed by atoms with E-state index in [2.05, 4.69) is 16.5 Å². The molecule has 3 amide bonds. The lowest BCUT2D eigenvalue weighted by Gasteiger charge is -2.36. The highest BCUT2D eigenvalue weighted by Gasteiger charge is 2.49. The van der Waals surface area contributed by atoms with Crippen LogP contribution in [0.25, 0.3) is 0 Å². The lowest BCUT2D eigenvalue weighted by molar-refractivity contribution is -0.127. The number of aliphatic imine (C=N–C) groups is 1. The van der Waals surface area contributed by atoms with Crippen molar-refractivity contribution in [2.24, 2.45) is 4.99 Å². The fraction of sp³-hybridized carbons (Fsp3) is 0.368. The van der Waals surface area contributed by atoms with Crippen LogP contribution in [0.5, 0.6) is 0 Å². The number of carbonyl (C=O) groups excluding carboxylic acids is 2. The van der Waals surface area contributed by atoms with Crippen LogP contribution in [0.15, 0.2) is 35.3 Å². The summed E-state index contributed by atoms with van der Waals surface area (Å²) in [5.74, 6) is 0.241. The van der Waals surface area contributed by atoms with Crippen LogP contribution in [0.3, 0.4) is 0 Å². The third-order valence-corrected chi connectivity index (χ3v) is 4.97. The average Bonchev–Trinajstić information content (AvgIpc) is 3.13. The fourth-order valence-corrected chi connectivity index (χ4v) is 3.70. The first-order chi connectivity index (χ1) is 12.8. The van der Waals surface area contributed by atoms with Crippen molar-refractivity contribution in [2.75, 3.05) is 7.05 Å². The van der Waals surface area contributed by atoms with Crippen molar-refractivity contribution in [3.05, 3.63) is 52.8 Å². The van der Waals surface area contributed by atoms with Crippen LogP contribution in [0.4, 0.5) is 4.79 Å². The Balaban J connectivity index is 1.79. The second-order valence-corrected chi connectivity index (χ2v) is 7.15. The Kier molecular flexibility index (Phi) is 3.98. The first kappa shape index (κ1) is 17.3. The Labute approximate surface area is 157 Å². The summed E-state index contributed by atoms with van der Waals surface area (Å²) in [6, 6.07) is 9.07. The largest absolute Gasteiger partial charge is 0.325 e. The van der Waals surface area contributed by atoms with Crippen molar-refractivity contribution >= 4 is 17.9 Å². The summed E-state index contributed by atoms with van der Waals surface area (Å²) in [6.07, 6.45) is -0.574. The number of aromatic nitrogens is 2. The van der Waals surface area contributed by atoms with Gasteiger partial charge >= 0.3 is 6.03 Å². The third kappa shape index (κ3) is 2.87. The lowest BCUT2D eigenvalue weighted by Crippen LogP contribution is -2.63. The number of rotatable bonds is 2. The van der Waals surface area contributed by atoms with E-state index in [0.29, 0.717) is 12.5 Å². The van der Waals surface area contributed by atoms with E-state index in [-0.39, 0.29) is 5.91 Å². The third-order valence-electron chi connectivity index (χ3n) is 4.97. The van der Waals surface area contributed by atoms with Crippen LogP contribution >= 0.6 is 0 Å². The Bertz CT molecular complexity index is 963. The highest BCUT2D eigenvalue weighted by molar-refractivity contribution is 6.04. The molecule has 27 heavy (non-hydrogen) atoms. The summed E-state index contributed by atoms with van der Waals surface area (Å²) in [5.41, 5.74) is 4.01. The molecule has 2 unspecified atom stereocenters. The molecule has 2 aliphatic rings. The molecule has 1 fully saturated rings. The molecule has 140 valence electrons. The molecule has 8 heteroatoms. The number of likely N-dealkylation sites (N-methyl/N-ethyl adjacent to an activating group) is 1. The second-order valence-electron chi connectivity index (χ2n) is 7.15. The van der Waals surface area contributed by atoms with E-state index in [9.17, 15) is 9.59 Å². The van der Waals surface area contributed by atoms with Gasteiger partial charge in [0.05, 0.1) is 5.69 Å². The molecule has 8 nitrogen and oxygen atoms in total. The number of hydrogen-bond donors (Lipinski definition) is 1. The number of aryl methyl sites for hydroxylation is 3. The van der Waals surface area contributed by atoms with Crippen molar-refractivity contribution in [1.82, 2.24) is 24.9 Å². The Morgan fingerprint density at radius 3 is 2.59 bits per heavy atom. The Morgan fingerprint density at radius 2 is 1.93 bits per heavy atom. The standard InChI is InChI=1S/C19H22N6O2/c1-11-6-5-7-14(8-11)10-24-15-16(23(4)19(27)21-17(15)26)20-18(24)25-13(3)9-12(2)22-25/h5-9,15-16H,10H2,1-4H3,(H,21,26,27). The minimum absolute atomic E-state index is 0.337. The summed E-state index contributed by atoms with van der Waals surface area (Å²) in [4.78, 5) is 32.8. The molecule has 1 aromatic heterocycles. The average molecular weight is 366 g/mol. The van der Waals surface area contributed by atoms with Gasteiger partial charge in [0.1, 0.15) is 0 Å². The number of fused-ring (bicyclic) bond motifs is 1. The minimum atomic E-state index is -0.591. The number of hydrogen-bond acceptors (Lipinski definition) is 5. The quantitative estimate of drug-likeness (QED) is 0.871.